The first-order valence-electron chi connectivity index (χ1n) is 6.29. The van der Waals surface area contributed by atoms with Gasteiger partial charge in [-0.25, -0.2) is 8.42 Å². The lowest BCUT2D eigenvalue weighted by molar-refractivity contribution is 0.0911. The van der Waals surface area contributed by atoms with Crippen LogP contribution in [-0.4, -0.2) is 38.8 Å². The molecule has 0 aliphatic carbocycles. The van der Waals surface area contributed by atoms with Crippen LogP contribution in [0.3, 0.4) is 0 Å². The van der Waals surface area contributed by atoms with Crippen LogP contribution in [0.1, 0.15) is 29.8 Å². The molecule has 0 aromatic heterocycles. The van der Waals surface area contributed by atoms with Gasteiger partial charge < -0.3 is 10.4 Å². The van der Waals surface area contributed by atoms with Crippen molar-refractivity contribution in [1.29, 1.82) is 0 Å². The van der Waals surface area contributed by atoms with Gasteiger partial charge in [-0.2, -0.15) is 0 Å². The molecule has 0 spiro atoms. The minimum absolute atomic E-state index is 0.0133. The summed E-state index contributed by atoms with van der Waals surface area (Å²) in [6, 6.07) is 6.46. The van der Waals surface area contributed by atoms with Gasteiger partial charge in [0.05, 0.1) is 5.75 Å². The van der Waals surface area contributed by atoms with Crippen LogP contribution in [0.4, 0.5) is 0 Å². The van der Waals surface area contributed by atoms with E-state index in [1.165, 1.54) is 6.26 Å². The normalized spacial score (nSPS) is 12.2. The van der Waals surface area contributed by atoms with E-state index in [1.807, 2.05) is 13.8 Å². The van der Waals surface area contributed by atoms with Crippen LogP contribution in [0.15, 0.2) is 24.3 Å². The Morgan fingerprint density at radius 2 is 1.80 bits per heavy atom. The molecule has 0 unspecified atom stereocenters. The fourth-order valence-electron chi connectivity index (χ4n) is 1.53. The first-order valence-corrected chi connectivity index (χ1v) is 8.35. The third-order valence-electron chi connectivity index (χ3n) is 2.80. The second kappa shape index (κ2) is 6.37. The molecule has 0 bridgehead atoms. The average molecular weight is 299 g/mol. The molecule has 112 valence electrons. The summed E-state index contributed by atoms with van der Waals surface area (Å²) in [6.45, 7) is 4.05. The fraction of sp³-hybridized carbons (Fsp3) is 0.500. The molecular formula is C14H21NO4S. The minimum atomic E-state index is -3.07. The molecule has 1 amide bonds. The van der Waals surface area contributed by atoms with Crippen molar-refractivity contribution in [1.82, 2.24) is 5.32 Å². The number of carbonyl (C=O) groups excluding carboxylic acids is 1. The Morgan fingerprint density at radius 3 is 2.25 bits per heavy atom. The lowest BCUT2D eigenvalue weighted by atomic mass is 9.95. The SMILES string of the molecule is CC(C)(CO)CNC(=O)c1ccc(CS(C)(=O)=O)cc1. The molecule has 2 N–H and O–H groups in total. The highest BCUT2D eigenvalue weighted by Gasteiger charge is 2.18. The Bertz CT molecular complexity index is 561. The van der Waals surface area contributed by atoms with Crippen molar-refractivity contribution in [2.24, 2.45) is 5.41 Å². The number of nitrogens with one attached hydrogen (secondary N) is 1. The van der Waals surface area contributed by atoms with Crippen LogP contribution >= 0.6 is 0 Å². The molecule has 0 atom stereocenters. The molecule has 1 aromatic carbocycles. The Labute approximate surface area is 119 Å². The van der Waals surface area contributed by atoms with Crippen LogP contribution in [0.2, 0.25) is 0 Å². The zero-order valence-electron chi connectivity index (χ0n) is 12.0. The molecular weight excluding hydrogens is 278 g/mol. The number of hydrogen-bond donors (Lipinski definition) is 2. The Balaban J connectivity index is 2.67. The molecule has 0 saturated heterocycles. The summed E-state index contributed by atoms with van der Waals surface area (Å²) in [5.41, 5.74) is 0.752. The van der Waals surface area contributed by atoms with Crippen molar-refractivity contribution >= 4 is 15.7 Å². The number of benzene rings is 1. The average Bonchev–Trinajstić information content (AvgIpc) is 2.35. The van der Waals surface area contributed by atoms with Gasteiger partial charge in [0.15, 0.2) is 9.84 Å². The number of aliphatic hydroxyl groups excluding tert-OH is 1. The summed E-state index contributed by atoms with van der Waals surface area (Å²) in [4.78, 5) is 11.9. The first-order chi connectivity index (χ1) is 9.13. The van der Waals surface area contributed by atoms with Gasteiger partial charge in [0, 0.05) is 30.4 Å². The van der Waals surface area contributed by atoms with Crippen molar-refractivity contribution in [3.63, 3.8) is 0 Å². The minimum Gasteiger partial charge on any atom is -0.396 e. The zero-order valence-corrected chi connectivity index (χ0v) is 12.8. The van der Waals surface area contributed by atoms with Gasteiger partial charge in [0.2, 0.25) is 0 Å². The summed E-state index contributed by atoms with van der Waals surface area (Å²) in [6.07, 6.45) is 1.17. The van der Waals surface area contributed by atoms with Gasteiger partial charge in [0.25, 0.3) is 5.91 Å². The standard InChI is InChI=1S/C14H21NO4S/c1-14(2,10-16)9-15-13(17)12-6-4-11(5-7-12)8-20(3,18)19/h4-7,16H,8-10H2,1-3H3,(H,15,17). The highest BCUT2D eigenvalue weighted by atomic mass is 32.2. The predicted molar refractivity (Wildman–Crippen MR) is 78.2 cm³/mol. The highest BCUT2D eigenvalue weighted by Crippen LogP contribution is 2.12. The van der Waals surface area contributed by atoms with Gasteiger partial charge in [-0.15, -0.1) is 0 Å². The summed E-state index contributed by atoms with van der Waals surface area (Å²) in [5.74, 6) is -0.274. The number of hydrogen-bond acceptors (Lipinski definition) is 4. The van der Waals surface area contributed by atoms with Crippen LogP contribution in [0.25, 0.3) is 0 Å². The quantitative estimate of drug-likeness (QED) is 0.820. The Hall–Kier alpha value is -1.40. The molecule has 0 aliphatic rings. The molecule has 6 heteroatoms. The van der Waals surface area contributed by atoms with E-state index in [9.17, 15) is 13.2 Å². The van der Waals surface area contributed by atoms with Gasteiger partial charge >= 0.3 is 0 Å². The molecule has 0 saturated carbocycles. The molecule has 1 aromatic rings. The molecule has 0 heterocycles. The number of sulfone groups is 1. The van der Waals surface area contributed by atoms with Gasteiger partial charge in [-0.05, 0) is 17.7 Å². The lowest BCUT2D eigenvalue weighted by Gasteiger charge is -2.21. The first kappa shape index (κ1) is 16.7. The van der Waals surface area contributed by atoms with Crippen LogP contribution in [0.5, 0.6) is 0 Å². The van der Waals surface area contributed by atoms with Crippen molar-refractivity contribution in [3.05, 3.63) is 35.4 Å². The monoisotopic (exact) mass is 299 g/mol. The summed E-state index contributed by atoms with van der Waals surface area (Å²) < 4.78 is 22.3. The summed E-state index contributed by atoms with van der Waals surface area (Å²) in [7, 11) is -3.07. The van der Waals surface area contributed by atoms with E-state index in [0.717, 1.165) is 0 Å². The van der Waals surface area contributed by atoms with E-state index < -0.39 is 9.84 Å². The highest BCUT2D eigenvalue weighted by molar-refractivity contribution is 7.89. The molecule has 1 rings (SSSR count). The van der Waals surface area contributed by atoms with Crippen molar-refractivity contribution in [2.45, 2.75) is 19.6 Å². The van der Waals surface area contributed by atoms with E-state index in [0.29, 0.717) is 17.7 Å². The summed E-state index contributed by atoms with van der Waals surface area (Å²) in [5, 5.41) is 11.9. The van der Waals surface area contributed by atoms with Crippen LogP contribution in [-0.2, 0) is 15.6 Å². The molecule has 0 radical (unpaired) electrons. The molecule has 5 nitrogen and oxygen atoms in total. The van der Waals surface area contributed by atoms with E-state index in [-0.39, 0.29) is 23.7 Å². The van der Waals surface area contributed by atoms with Crippen LogP contribution < -0.4 is 5.32 Å². The third kappa shape index (κ3) is 5.71. The number of aliphatic hydroxyl groups is 1. The Morgan fingerprint density at radius 1 is 1.25 bits per heavy atom. The summed E-state index contributed by atoms with van der Waals surface area (Å²) >= 11 is 0. The van der Waals surface area contributed by atoms with Crippen molar-refractivity contribution in [3.8, 4) is 0 Å². The Kier molecular flexibility index (Phi) is 5.30. The predicted octanol–water partition coefficient (Wildman–Crippen LogP) is 0.980. The van der Waals surface area contributed by atoms with Crippen LogP contribution in [0, 0.1) is 5.41 Å². The largest absolute Gasteiger partial charge is 0.396 e. The number of rotatable bonds is 6. The maximum Gasteiger partial charge on any atom is 0.251 e. The zero-order chi connectivity index (χ0) is 15.4. The number of carbonyl (C=O) groups is 1. The number of amides is 1. The van der Waals surface area contributed by atoms with E-state index in [1.54, 1.807) is 24.3 Å². The second-order valence-corrected chi connectivity index (χ2v) is 7.91. The topological polar surface area (TPSA) is 83.5 Å². The van der Waals surface area contributed by atoms with E-state index in [2.05, 4.69) is 5.32 Å². The lowest BCUT2D eigenvalue weighted by Crippen LogP contribution is -2.36. The van der Waals surface area contributed by atoms with E-state index in [4.69, 9.17) is 5.11 Å². The van der Waals surface area contributed by atoms with Crippen molar-refractivity contribution < 1.29 is 18.3 Å². The maximum atomic E-state index is 11.9. The smallest absolute Gasteiger partial charge is 0.251 e. The third-order valence-corrected chi connectivity index (χ3v) is 3.66. The van der Waals surface area contributed by atoms with Gasteiger partial charge in [0.1, 0.15) is 0 Å². The molecule has 0 aliphatic heterocycles. The maximum absolute atomic E-state index is 11.9. The molecule has 20 heavy (non-hydrogen) atoms. The van der Waals surface area contributed by atoms with E-state index >= 15 is 0 Å². The fourth-order valence-corrected chi connectivity index (χ4v) is 2.33. The van der Waals surface area contributed by atoms with Gasteiger partial charge in [-0.3, -0.25) is 4.79 Å². The van der Waals surface area contributed by atoms with Crippen molar-refractivity contribution in [2.75, 3.05) is 19.4 Å². The molecule has 0 fully saturated rings. The second-order valence-electron chi connectivity index (χ2n) is 5.77. The van der Waals surface area contributed by atoms with Gasteiger partial charge in [-0.1, -0.05) is 26.0 Å².